The summed E-state index contributed by atoms with van der Waals surface area (Å²) in [6, 6.07) is -1.42. The van der Waals surface area contributed by atoms with E-state index in [0.717, 1.165) is 11.3 Å². The van der Waals surface area contributed by atoms with Crippen LogP contribution in [-0.2, 0) is 32.2 Å². The highest BCUT2D eigenvalue weighted by molar-refractivity contribution is 7.80. The van der Waals surface area contributed by atoms with Crippen molar-refractivity contribution in [2.45, 2.75) is 58.0 Å². The third-order valence-electron chi connectivity index (χ3n) is 5.57. The van der Waals surface area contributed by atoms with Gasteiger partial charge in [0.1, 0.15) is 6.04 Å². The van der Waals surface area contributed by atoms with Crippen LogP contribution in [0.4, 0.5) is 4.79 Å². The molecule has 0 spiro atoms. The quantitative estimate of drug-likeness (QED) is 0.519. The summed E-state index contributed by atoms with van der Waals surface area (Å²) >= 11 is 0.958. The molecule has 0 aromatic carbocycles. The van der Waals surface area contributed by atoms with Crippen LogP contribution in [0.5, 0.6) is 0 Å². The normalized spacial score (nSPS) is 20.1. The first-order valence-corrected chi connectivity index (χ1v) is 13.9. The Morgan fingerprint density at radius 2 is 1.93 bits per heavy atom. The number of aromatic nitrogens is 1. The lowest BCUT2D eigenvalue weighted by Crippen LogP contribution is -2.42. The predicted molar refractivity (Wildman–Crippen MR) is 105 cm³/mol. The molecule has 1 saturated heterocycles. The summed E-state index contributed by atoms with van der Waals surface area (Å²) in [6.45, 7) is 11.8. The van der Waals surface area contributed by atoms with E-state index < -0.39 is 30.8 Å². The van der Waals surface area contributed by atoms with Gasteiger partial charge in [0.2, 0.25) is 0 Å². The molecule has 3 heterocycles. The molecule has 28 heavy (non-hydrogen) atoms. The van der Waals surface area contributed by atoms with E-state index in [1.165, 1.54) is 4.90 Å². The Morgan fingerprint density at radius 3 is 2.50 bits per heavy atom. The van der Waals surface area contributed by atoms with Crippen molar-refractivity contribution in [3.8, 4) is 0 Å². The van der Waals surface area contributed by atoms with Gasteiger partial charge in [0, 0.05) is 6.54 Å². The second-order valence-electron chi connectivity index (χ2n) is 8.45. The number of urea groups is 1. The summed E-state index contributed by atoms with van der Waals surface area (Å²) < 4.78 is 43.2. The standard InChI is InChI=1S/C15H25N3O7S2Si/c1-15(2,3)28(4,5)24-7-6-17-10-8-16-9-11(12(10)26-14(17)20)18(13(16)19)25-27(21,22)23/h11H,6-9H2,1-5H3,(H,21,22,23). The van der Waals surface area contributed by atoms with Gasteiger partial charge < -0.3 is 9.33 Å². The van der Waals surface area contributed by atoms with Crippen LogP contribution >= 0.6 is 11.3 Å². The SMILES string of the molecule is CC(C)(C)[Si](C)(C)OCCn1c2c(sc1=O)C1CN(C2)C(=O)N1OS(=O)(=O)O. The summed E-state index contributed by atoms with van der Waals surface area (Å²) in [4.78, 5) is 26.6. The summed E-state index contributed by atoms with van der Waals surface area (Å²) in [7, 11) is -6.80. The minimum absolute atomic E-state index is 0.0525. The first kappa shape index (κ1) is 21.5. The van der Waals surface area contributed by atoms with E-state index in [1.54, 1.807) is 4.57 Å². The molecule has 1 unspecified atom stereocenters. The molecule has 1 aromatic heterocycles. The molecule has 2 aliphatic rings. The van der Waals surface area contributed by atoms with Gasteiger partial charge in [-0.25, -0.2) is 4.79 Å². The maximum Gasteiger partial charge on any atom is 0.418 e. The lowest BCUT2D eigenvalue weighted by atomic mass is 10.1. The van der Waals surface area contributed by atoms with Gasteiger partial charge in [0.15, 0.2) is 8.32 Å². The van der Waals surface area contributed by atoms with E-state index in [1.807, 2.05) is 0 Å². The first-order chi connectivity index (χ1) is 12.7. The summed E-state index contributed by atoms with van der Waals surface area (Å²) in [5.74, 6) is 0. The number of hydroxylamine groups is 2. The van der Waals surface area contributed by atoms with Gasteiger partial charge in [-0.15, -0.1) is 4.28 Å². The maximum absolute atomic E-state index is 12.5. The molecule has 158 valence electrons. The molecule has 13 heteroatoms. The Morgan fingerprint density at radius 1 is 1.29 bits per heavy atom. The monoisotopic (exact) mass is 451 g/mol. The molecule has 0 aliphatic carbocycles. The summed E-state index contributed by atoms with van der Waals surface area (Å²) in [6.07, 6.45) is 0. The second kappa shape index (κ2) is 6.92. The number of rotatable bonds is 6. The van der Waals surface area contributed by atoms with Gasteiger partial charge >= 0.3 is 21.3 Å². The van der Waals surface area contributed by atoms with E-state index in [9.17, 15) is 18.0 Å². The molecule has 2 bridgehead atoms. The first-order valence-electron chi connectivity index (χ1n) is 8.83. The van der Waals surface area contributed by atoms with Crippen LogP contribution in [-0.4, -0.2) is 55.0 Å². The van der Waals surface area contributed by atoms with Crippen molar-refractivity contribution in [1.29, 1.82) is 0 Å². The van der Waals surface area contributed by atoms with E-state index in [0.29, 0.717) is 28.8 Å². The predicted octanol–water partition coefficient (Wildman–Crippen LogP) is 1.96. The number of amides is 2. The maximum atomic E-state index is 12.5. The molecule has 2 amide bonds. The highest BCUT2D eigenvalue weighted by Crippen LogP contribution is 2.40. The third kappa shape index (κ3) is 3.91. The number of carbonyl (C=O) groups excluding carboxylic acids is 1. The zero-order chi connectivity index (χ0) is 21.1. The Balaban J connectivity index is 1.82. The van der Waals surface area contributed by atoms with Crippen molar-refractivity contribution in [2.75, 3.05) is 13.2 Å². The molecule has 1 aromatic rings. The molecule has 1 atom stereocenters. The molecule has 3 rings (SSSR count). The lowest BCUT2D eigenvalue weighted by Gasteiger charge is -2.36. The number of fused-ring (bicyclic) bond motifs is 4. The van der Waals surface area contributed by atoms with Gasteiger partial charge in [-0.3, -0.25) is 13.9 Å². The zero-order valence-electron chi connectivity index (χ0n) is 16.5. The van der Waals surface area contributed by atoms with Gasteiger partial charge in [-0.2, -0.15) is 13.5 Å². The van der Waals surface area contributed by atoms with Crippen LogP contribution in [0.1, 0.15) is 37.4 Å². The van der Waals surface area contributed by atoms with E-state index in [4.69, 9.17) is 8.98 Å². The van der Waals surface area contributed by atoms with E-state index in [2.05, 4.69) is 38.1 Å². The Kier molecular flexibility index (Phi) is 5.30. The van der Waals surface area contributed by atoms with Crippen LogP contribution in [0.3, 0.4) is 0 Å². The molecular formula is C15H25N3O7S2Si. The van der Waals surface area contributed by atoms with Gasteiger partial charge in [0.05, 0.1) is 30.3 Å². The average Bonchev–Trinajstić information content (AvgIpc) is 2.96. The number of nitrogens with zero attached hydrogens (tertiary/aromatic N) is 3. The molecule has 1 N–H and O–H groups in total. The van der Waals surface area contributed by atoms with Crippen molar-refractivity contribution in [3.63, 3.8) is 0 Å². The number of carbonyl (C=O) groups is 1. The third-order valence-corrected chi connectivity index (χ3v) is 11.6. The second-order valence-corrected chi connectivity index (χ2v) is 15.3. The Hall–Kier alpha value is -1.25. The van der Waals surface area contributed by atoms with Crippen LogP contribution in [0.15, 0.2) is 4.79 Å². The Bertz CT molecular complexity index is 948. The molecule has 1 fully saturated rings. The van der Waals surface area contributed by atoms with Crippen molar-refractivity contribution < 1.29 is 26.5 Å². The van der Waals surface area contributed by atoms with E-state index >= 15 is 0 Å². The topological polar surface area (TPSA) is 118 Å². The fourth-order valence-electron chi connectivity index (χ4n) is 3.03. The fourth-order valence-corrected chi connectivity index (χ4v) is 5.53. The lowest BCUT2D eigenvalue weighted by molar-refractivity contribution is -0.0308. The van der Waals surface area contributed by atoms with Gasteiger partial charge in [-0.05, 0) is 18.1 Å². The molecule has 0 radical (unpaired) electrons. The van der Waals surface area contributed by atoms with Crippen LogP contribution < -0.4 is 4.87 Å². The smallest absolute Gasteiger partial charge is 0.415 e. The number of thiazole rings is 1. The molecule has 0 saturated carbocycles. The van der Waals surface area contributed by atoms with Crippen molar-refractivity contribution >= 4 is 36.1 Å². The average molecular weight is 452 g/mol. The largest absolute Gasteiger partial charge is 0.418 e. The highest BCUT2D eigenvalue weighted by atomic mass is 32.3. The van der Waals surface area contributed by atoms with Crippen molar-refractivity contribution in [3.05, 3.63) is 20.2 Å². The summed E-state index contributed by atoms with van der Waals surface area (Å²) in [5.41, 5.74) is 0.653. The van der Waals surface area contributed by atoms with Crippen LogP contribution in [0.25, 0.3) is 0 Å². The van der Waals surface area contributed by atoms with Crippen LogP contribution in [0.2, 0.25) is 18.1 Å². The van der Waals surface area contributed by atoms with Crippen molar-refractivity contribution in [1.82, 2.24) is 14.5 Å². The highest BCUT2D eigenvalue weighted by Gasteiger charge is 2.48. The van der Waals surface area contributed by atoms with Gasteiger partial charge in [0.25, 0.3) is 0 Å². The fraction of sp³-hybridized carbons (Fsp3) is 0.733. The van der Waals surface area contributed by atoms with Gasteiger partial charge in [-0.1, -0.05) is 32.1 Å². The van der Waals surface area contributed by atoms with Crippen molar-refractivity contribution in [2.24, 2.45) is 0 Å². The summed E-state index contributed by atoms with van der Waals surface area (Å²) in [5, 5.41) is 0.671. The molecule has 10 nitrogen and oxygen atoms in total. The molecular weight excluding hydrogens is 426 g/mol. The van der Waals surface area contributed by atoms with E-state index in [-0.39, 0.29) is 23.0 Å². The molecule has 2 aliphatic heterocycles. The minimum atomic E-state index is -4.85. The zero-order valence-corrected chi connectivity index (χ0v) is 19.1. The Labute approximate surface area is 168 Å². The number of hydrogen-bond acceptors (Lipinski definition) is 7. The number of hydrogen-bond donors (Lipinski definition) is 1. The van der Waals surface area contributed by atoms with Crippen LogP contribution in [0, 0.1) is 0 Å². The minimum Gasteiger partial charge on any atom is -0.415 e.